The van der Waals surface area contributed by atoms with Crippen molar-refractivity contribution in [2.75, 3.05) is 24.6 Å². The molecule has 5 heterocycles. The minimum absolute atomic E-state index is 0.377. The van der Waals surface area contributed by atoms with Crippen LogP contribution in [-0.4, -0.2) is 156 Å². The summed E-state index contributed by atoms with van der Waals surface area (Å²) in [6.45, 7) is 1.06. The van der Waals surface area contributed by atoms with Crippen LogP contribution in [0.4, 0.5) is 0 Å². The van der Waals surface area contributed by atoms with Gasteiger partial charge in [-0.3, -0.25) is 9.98 Å². The second-order valence-corrected chi connectivity index (χ2v) is 32.1. The molecule has 303 valence electrons. The molecule has 0 amide bonds. The monoisotopic (exact) mass is 1110 g/mol. The van der Waals surface area contributed by atoms with Crippen LogP contribution in [0.25, 0.3) is 0 Å². The Bertz CT molecular complexity index is 1500. The third-order valence-corrected chi connectivity index (χ3v) is 33.0. The van der Waals surface area contributed by atoms with E-state index in [9.17, 15) is 14.4 Å². The van der Waals surface area contributed by atoms with E-state index in [1.165, 1.54) is 0 Å². The van der Waals surface area contributed by atoms with E-state index in [-0.39, 0.29) is 0 Å². The van der Waals surface area contributed by atoms with Gasteiger partial charge < -0.3 is 72.0 Å². The van der Waals surface area contributed by atoms with Gasteiger partial charge >= 0.3 is 133 Å². The molecule has 3 N–H and O–H groups in total. The predicted molar refractivity (Wildman–Crippen MR) is 212 cm³/mol. The van der Waals surface area contributed by atoms with E-state index in [1.807, 2.05) is 61.0 Å². The minimum atomic E-state index is -3.49. The van der Waals surface area contributed by atoms with E-state index >= 15 is 0 Å². The molecule has 7 rings (SSSR count). The summed E-state index contributed by atoms with van der Waals surface area (Å²) in [5.41, 5.74) is 2.00. The van der Waals surface area contributed by atoms with E-state index in [0.717, 1.165) is 20.9 Å². The zero-order chi connectivity index (χ0) is 39.2. The zero-order valence-electron chi connectivity index (χ0n) is 28.4. The summed E-state index contributed by atoms with van der Waals surface area (Å²) in [5.74, 6) is 1.39. The van der Waals surface area contributed by atoms with Crippen LogP contribution in [0, 0.1) is 0 Å². The number of rotatable bonds is 4. The Morgan fingerprint density at radius 2 is 1.04 bits per heavy atom. The molecule has 0 aliphatic carbocycles. The van der Waals surface area contributed by atoms with Crippen molar-refractivity contribution < 1.29 is 86.2 Å². The fraction of sp³-hybridized carbons (Fsp3) is 0.364. The number of hydrogen-bond donors (Lipinski definition) is 3. The van der Waals surface area contributed by atoms with Gasteiger partial charge in [0.25, 0.3) is 0 Å². The summed E-state index contributed by atoms with van der Waals surface area (Å²) in [5, 5.41) is 0. The average Bonchev–Trinajstić information content (AvgIpc) is 3.17. The molecule has 2 atom stereocenters. The van der Waals surface area contributed by atoms with E-state index in [0.29, 0.717) is 49.5 Å². The zero-order valence-corrected chi connectivity index (χ0v) is 43.5. The van der Waals surface area contributed by atoms with E-state index in [1.54, 1.807) is 23.5 Å². The van der Waals surface area contributed by atoms with Crippen molar-refractivity contribution in [1.29, 1.82) is 0 Å². The van der Waals surface area contributed by atoms with Crippen molar-refractivity contribution in [1.82, 2.24) is 0 Å². The summed E-state index contributed by atoms with van der Waals surface area (Å²) in [4.78, 5) is 41.2. The number of benzene rings is 2. The van der Waals surface area contributed by atoms with Crippen molar-refractivity contribution >= 4 is 154 Å². The SMILES string of the molecule is O[Si]O[Si]1O[Si]2O[Si]3O[Si](O)O[Si]4O[Si]5O[Si](O[Si]O)O[Si](CCCSc6ccccc6C=NCCN=Cc6ccccc6SCCC[Si](O1)(O3)O2)(O4)O5.[Cu][Br]. The maximum absolute atomic E-state index is 11.0. The second-order valence-electron chi connectivity index (χ2n) is 10.8. The molecule has 5 aliphatic rings. The van der Waals surface area contributed by atoms with Gasteiger partial charge in [0.1, 0.15) is 0 Å². The Hall–Kier alpha value is 1.19. The molecule has 4 saturated heterocycles. The van der Waals surface area contributed by atoms with E-state index in [2.05, 4.69) is 38.3 Å². The third kappa shape index (κ3) is 13.8. The van der Waals surface area contributed by atoms with Crippen molar-refractivity contribution in [3.05, 3.63) is 59.7 Å². The normalized spacial score (nSPS) is 27.8. The molecule has 56 heavy (non-hydrogen) atoms. The van der Waals surface area contributed by atoms with Crippen LogP contribution in [0.2, 0.25) is 12.1 Å². The number of aliphatic imine (C=N–C) groups is 2. The van der Waals surface area contributed by atoms with Crippen LogP contribution in [-0.2, 0) is 71.8 Å². The molecule has 34 heteroatoms. The van der Waals surface area contributed by atoms with Gasteiger partial charge in [0.2, 0.25) is 0 Å². The standard InChI is InChI=1S/C22H29N2O17S2Si11.BrH.Cu/c25-44-28-47-32-51-34-49-30-46(27)31-50-35-52-33-48(29-45-26)37-54(39-50,41-52)16-6-14-43-22-10-4-2-8-20(22)18-24-12-11-23-17-19-7-1-3-9-21(19)42-13-5-15-53(36-47,38-49)40-51;;/h1-4,7-10,17-18,25-27H,5-6,11-16H2;1H;/q;;+1/p-1. The summed E-state index contributed by atoms with van der Waals surface area (Å²) in [7, 11) is -26.9. The van der Waals surface area contributed by atoms with Gasteiger partial charge in [-0.25, -0.2) is 0 Å². The molecule has 2 spiro atoms. The molecule has 19 nitrogen and oxygen atoms in total. The van der Waals surface area contributed by atoms with Crippen LogP contribution >= 0.6 is 37.6 Å². The first-order chi connectivity index (χ1) is 27.4. The fourth-order valence-electron chi connectivity index (χ4n) is 4.90. The van der Waals surface area contributed by atoms with Gasteiger partial charge in [0.15, 0.2) is 0 Å². The topological polar surface area (TPSA) is 215 Å². The van der Waals surface area contributed by atoms with Gasteiger partial charge in [0, 0.05) is 45.4 Å². The molecule has 6 bridgehead atoms. The van der Waals surface area contributed by atoms with E-state index in [4.69, 9.17) is 57.6 Å². The Balaban J connectivity index is 0.00000262. The summed E-state index contributed by atoms with van der Waals surface area (Å²) in [6.07, 6.45) is 5.00. The molecule has 5 aliphatic heterocycles. The molecular weight excluding hydrogens is 1080 g/mol. The van der Waals surface area contributed by atoms with Crippen molar-refractivity contribution in [3.8, 4) is 0 Å². The fourth-order valence-corrected chi connectivity index (χ4v) is 34.6. The van der Waals surface area contributed by atoms with Crippen LogP contribution in [0.15, 0.2) is 68.3 Å². The van der Waals surface area contributed by atoms with Gasteiger partial charge in [-0.2, -0.15) is 0 Å². The van der Waals surface area contributed by atoms with Gasteiger partial charge in [0.05, 0.1) is 13.1 Å². The summed E-state index contributed by atoms with van der Waals surface area (Å²) >= 11 is 9.83. The molecule has 2 aromatic carbocycles. The maximum atomic E-state index is 11.0. The number of fused-ring (bicyclic) bond motifs is 6. The van der Waals surface area contributed by atoms with Gasteiger partial charge in [-0.1, -0.05) is 36.4 Å². The Morgan fingerprint density at radius 1 is 0.625 bits per heavy atom. The predicted octanol–water partition coefficient (Wildman–Crippen LogP) is 0.150. The van der Waals surface area contributed by atoms with Crippen LogP contribution in [0.1, 0.15) is 24.0 Å². The van der Waals surface area contributed by atoms with Gasteiger partial charge in [-0.15, -0.1) is 23.5 Å². The molecule has 0 aromatic heterocycles. The van der Waals surface area contributed by atoms with Crippen molar-refractivity contribution in [2.45, 2.75) is 34.7 Å². The van der Waals surface area contributed by atoms with Gasteiger partial charge in [-0.05, 0) is 36.5 Å². The Morgan fingerprint density at radius 3 is 1.46 bits per heavy atom. The Kier molecular flexibility index (Phi) is 20.1. The van der Waals surface area contributed by atoms with Crippen molar-refractivity contribution in [3.63, 3.8) is 0 Å². The average molecular weight is 1110 g/mol. The molecule has 4 fully saturated rings. The second kappa shape index (κ2) is 24.1. The quantitative estimate of drug-likeness (QED) is 0.348. The van der Waals surface area contributed by atoms with Crippen LogP contribution in [0.3, 0.4) is 0 Å². The molecule has 2 unspecified atom stereocenters. The number of hydrogen-bond acceptors (Lipinski definition) is 21. The first kappa shape index (κ1) is 46.7. The first-order valence-corrected chi connectivity index (χ1v) is 34.6. The molecule has 0 saturated carbocycles. The van der Waals surface area contributed by atoms with Crippen LogP contribution in [0.5, 0.6) is 0 Å². The van der Waals surface area contributed by atoms with E-state index < -0.39 is 104 Å². The van der Waals surface area contributed by atoms with Crippen LogP contribution < -0.4 is 0 Å². The Labute approximate surface area is 366 Å². The van der Waals surface area contributed by atoms with Crippen molar-refractivity contribution in [2.24, 2.45) is 9.98 Å². The first-order valence-electron chi connectivity index (χ1n) is 16.1. The number of halogens is 1. The third-order valence-electron chi connectivity index (χ3n) is 7.13. The molecule has 11 radical (unpaired) electrons. The summed E-state index contributed by atoms with van der Waals surface area (Å²) in [6, 6.07) is 16.8. The molecule has 2 aromatic rings. The summed E-state index contributed by atoms with van der Waals surface area (Å²) < 4.78 is 82.0. The number of thioether (sulfide) groups is 2. The molecular formula is C22H29BrCuN2O17S2Si11. The number of nitrogens with zero attached hydrogens (tertiary/aromatic N) is 2.